The number of anilines is 1. The summed E-state index contributed by atoms with van der Waals surface area (Å²) in [5.41, 5.74) is 0.463. The SMILES string of the molecule is CCN(CC(=O)Nc1cccc(OC)c1)Cc1cc(=O)n(C)c(=O)n1C. The highest BCUT2D eigenvalue weighted by Crippen LogP contribution is 2.16. The number of benzene rings is 1. The van der Waals surface area contributed by atoms with Crippen molar-refractivity contribution in [1.29, 1.82) is 0 Å². The maximum Gasteiger partial charge on any atom is 0.330 e. The van der Waals surface area contributed by atoms with Crippen LogP contribution in [-0.4, -0.2) is 40.1 Å². The van der Waals surface area contributed by atoms with Crippen molar-refractivity contribution in [2.45, 2.75) is 13.5 Å². The summed E-state index contributed by atoms with van der Waals surface area (Å²) in [5.74, 6) is 0.471. The van der Waals surface area contributed by atoms with Crippen LogP contribution in [0.5, 0.6) is 5.75 Å². The molecule has 1 aromatic carbocycles. The maximum atomic E-state index is 12.3. The van der Waals surface area contributed by atoms with Gasteiger partial charge in [0.25, 0.3) is 5.56 Å². The molecule has 1 amide bonds. The molecular formula is C18H24N4O4. The Morgan fingerprint density at radius 2 is 1.92 bits per heavy atom. The maximum absolute atomic E-state index is 12.3. The molecule has 0 unspecified atom stereocenters. The van der Waals surface area contributed by atoms with Crippen LogP contribution >= 0.6 is 0 Å². The second-order valence-corrected chi connectivity index (χ2v) is 5.96. The van der Waals surface area contributed by atoms with Gasteiger partial charge in [0.1, 0.15) is 5.75 Å². The number of methoxy groups -OCH3 is 1. The Kier molecular flexibility index (Phi) is 6.35. The summed E-state index contributed by atoms with van der Waals surface area (Å²) in [6, 6.07) is 8.52. The molecule has 1 N–H and O–H groups in total. The fourth-order valence-corrected chi connectivity index (χ4v) is 2.54. The lowest BCUT2D eigenvalue weighted by Gasteiger charge is -2.21. The molecule has 1 heterocycles. The van der Waals surface area contributed by atoms with Gasteiger partial charge in [0.05, 0.1) is 13.7 Å². The Bertz CT molecular complexity index is 901. The third kappa shape index (κ3) is 4.60. The van der Waals surface area contributed by atoms with Gasteiger partial charge in [-0.25, -0.2) is 4.79 Å². The van der Waals surface area contributed by atoms with E-state index in [4.69, 9.17) is 4.74 Å². The Balaban J connectivity index is 2.08. The predicted molar refractivity (Wildman–Crippen MR) is 99.5 cm³/mol. The summed E-state index contributed by atoms with van der Waals surface area (Å²) in [7, 11) is 4.61. The molecule has 8 heteroatoms. The molecule has 0 atom stereocenters. The monoisotopic (exact) mass is 360 g/mol. The summed E-state index contributed by atoms with van der Waals surface area (Å²) in [6.07, 6.45) is 0. The van der Waals surface area contributed by atoms with E-state index >= 15 is 0 Å². The molecule has 0 saturated heterocycles. The van der Waals surface area contributed by atoms with E-state index in [1.165, 1.54) is 17.7 Å². The molecule has 140 valence electrons. The highest BCUT2D eigenvalue weighted by molar-refractivity contribution is 5.92. The number of amides is 1. The van der Waals surface area contributed by atoms with Crippen LogP contribution in [0.4, 0.5) is 5.69 Å². The van der Waals surface area contributed by atoms with E-state index in [-0.39, 0.29) is 23.7 Å². The average molecular weight is 360 g/mol. The van der Waals surface area contributed by atoms with Crippen molar-refractivity contribution in [3.8, 4) is 5.75 Å². The van der Waals surface area contributed by atoms with E-state index < -0.39 is 0 Å². The average Bonchev–Trinajstić information content (AvgIpc) is 2.63. The van der Waals surface area contributed by atoms with Crippen LogP contribution in [0.2, 0.25) is 0 Å². The highest BCUT2D eigenvalue weighted by Gasteiger charge is 2.13. The van der Waals surface area contributed by atoms with Crippen molar-refractivity contribution in [2.75, 3.05) is 25.5 Å². The number of nitrogens with one attached hydrogen (secondary N) is 1. The van der Waals surface area contributed by atoms with Gasteiger partial charge in [-0.1, -0.05) is 13.0 Å². The number of hydrogen-bond acceptors (Lipinski definition) is 5. The molecule has 0 aliphatic carbocycles. The molecular weight excluding hydrogens is 336 g/mol. The molecule has 8 nitrogen and oxygen atoms in total. The van der Waals surface area contributed by atoms with E-state index in [0.717, 1.165) is 4.57 Å². The van der Waals surface area contributed by atoms with Crippen molar-refractivity contribution >= 4 is 11.6 Å². The van der Waals surface area contributed by atoms with Crippen molar-refractivity contribution < 1.29 is 9.53 Å². The minimum absolute atomic E-state index is 0.136. The molecule has 26 heavy (non-hydrogen) atoms. The van der Waals surface area contributed by atoms with E-state index in [1.807, 2.05) is 11.8 Å². The van der Waals surface area contributed by atoms with Crippen LogP contribution in [0.3, 0.4) is 0 Å². The zero-order valence-corrected chi connectivity index (χ0v) is 15.5. The predicted octanol–water partition coefficient (Wildman–Crippen LogP) is 0.553. The van der Waals surface area contributed by atoms with E-state index in [9.17, 15) is 14.4 Å². The van der Waals surface area contributed by atoms with Crippen LogP contribution in [0, 0.1) is 0 Å². The van der Waals surface area contributed by atoms with Crippen LogP contribution in [0.1, 0.15) is 12.6 Å². The molecule has 0 aliphatic heterocycles. The minimum Gasteiger partial charge on any atom is -0.497 e. The molecule has 0 saturated carbocycles. The first kappa shape index (κ1) is 19.5. The van der Waals surface area contributed by atoms with Crippen molar-refractivity contribution in [2.24, 2.45) is 14.1 Å². The molecule has 1 aromatic heterocycles. The lowest BCUT2D eigenvalue weighted by Crippen LogP contribution is -2.40. The fraction of sp³-hybridized carbons (Fsp3) is 0.389. The van der Waals surface area contributed by atoms with E-state index in [1.54, 1.807) is 38.4 Å². The molecule has 0 aliphatic rings. The van der Waals surface area contributed by atoms with Crippen molar-refractivity contribution in [3.63, 3.8) is 0 Å². The van der Waals surface area contributed by atoms with Gasteiger partial charge in [0.2, 0.25) is 5.91 Å². The summed E-state index contributed by atoms with van der Waals surface area (Å²) < 4.78 is 7.61. The molecule has 0 bridgehead atoms. The third-order valence-corrected chi connectivity index (χ3v) is 4.18. The Morgan fingerprint density at radius 3 is 2.58 bits per heavy atom. The van der Waals surface area contributed by atoms with Crippen LogP contribution in [0.25, 0.3) is 0 Å². The standard InChI is InChI=1S/C18H24N4O4/c1-5-22(11-14-10-17(24)21(3)18(25)20(14)2)12-16(23)19-13-7-6-8-15(9-13)26-4/h6-10H,5,11-12H2,1-4H3,(H,19,23). The number of likely N-dealkylation sites (N-methyl/N-ethyl adjacent to an activating group) is 1. The van der Waals surface area contributed by atoms with Crippen LogP contribution in [-0.2, 0) is 25.4 Å². The van der Waals surface area contributed by atoms with Crippen LogP contribution < -0.4 is 21.3 Å². The molecule has 2 rings (SSSR count). The number of ether oxygens (including phenoxy) is 1. The smallest absolute Gasteiger partial charge is 0.330 e. The molecule has 0 radical (unpaired) electrons. The third-order valence-electron chi connectivity index (χ3n) is 4.18. The topological polar surface area (TPSA) is 85.6 Å². The number of hydrogen-bond donors (Lipinski definition) is 1. The van der Waals surface area contributed by atoms with Crippen LogP contribution in [0.15, 0.2) is 39.9 Å². The first-order chi connectivity index (χ1) is 12.3. The van der Waals surface area contributed by atoms with Gasteiger partial charge >= 0.3 is 5.69 Å². The minimum atomic E-state index is -0.385. The van der Waals surface area contributed by atoms with Gasteiger partial charge < -0.3 is 10.1 Å². The molecule has 0 fully saturated rings. The Labute approximate surface area is 151 Å². The number of carbonyl (C=O) groups is 1. The van der Waals surface area contributed by atoms with E-state index in [0.29, 0.717) is 30.2 Å². The number of carbonyl (C=O) groups excluding carboxylic acids is 1. The second-order valence-electron chi connectivity index (χ2n) is 5.96. The largest absolute Gasteiger partial charge is 0.497 e. The Morgan fingerprint density at radius 1 is 1.19 bits per heavy atom. The van der Waals surface area contributed by atoms with Gasteiger partial charge in [0.15, 0.2) is 0 Å². The summed E-state index contributed by atoms with van der Waals surface area (Å²) in [4.78, 5) is 38.0. The first-order valence-electron chi connectivity index (χ1n) is 8.28. The lowest BCUT2D eigenvalue weighted by atomic mass is 10.3. The Hall–Kier alpha value is -2.87. The first-order valence-corrected chi connectivity index (χ1v) is 8.28. The van der Waals surface area contributed by atoms with Gasteiger partial charge in [-0.15, -0.1) is 0 Å². The lowest BCUT2D eigenvalue weighted by molar-refractivity contribution is -0.117. The number of rotatable bonds is 7. The van der Waals surface area contributed by atoms with Gasteiger partial charge in [0, 0.05) is 44.2 Å². The zero-order valence-electron chi connectivity index (χ0n) is 15.5. The summed E-state index contributed by atoms with van der Waals surface area (Å²) in [5, 5.41) is 2.82. The molecule has 2 aromatic rings. The number of aromatic nitrogens is 2. The van der Waals surface area contributed by atoms with Crippen molar-refractivity contribution in [3.05, 3.63) is 56.9 Å². The number of nitrogens with zero attached hydrogens (tertiary/aromatic N) is 3. The molecule has 0 spiro atoms. The second kappa shape index (κ2) is 8.48. The van der Waals surface area contributed by atoms with Gasteiger partial charge in [-0.3, -0.25) is 23.6 Å². The summed E-state index contributed by atoms with van der Waals surface area (Å²) >= 11 is 0. The van der Waals surface area contributed by atoms with Gasteiger partial charge in [-0.2, -0.15) is 0 Å². The van der Waals surface area contributed by atoms with Gasteiger partial charge in [-0.05, 0) is 18.7 Å². The van der Waals surface area contributed by atoms with E-state index in [2.05, 4.69) is 5.32 Å². The fourth-order valence-electron chi connectivity index (χ4n) is 2.54. The quantitative estimate of drug-likeness (QED) is 0.780. The normalized spacial score (nSPS) is 10.8. The highest BCUT2D eigenvalue weighted by atomic mass is 16.5. The van der Waals surface area contributed by atoms with Crippen molar-refractivity contribution in [1.82, 2.24) is 14.0 Å². The summed E-state index contributed by atoms with van der Waals surface area (Å²) in [6.45, 7) is 2.97. The zero-order chi connectivity index (χ0) is 19.3.